The molecular formula is C23H28N2O5. The molecule has 0 atom stereocenters. The Morgan fingerprint density at radius 1 is 1.00 bits per heavy atom. The number of carbonyl (C=O) groups excluding carboxylic acids is 1. The number of anilines is 1. The van der Waals surface area contributed by atoms with Crippen LogP contribution in [0.1, 0.15) is 23.0 Å². The van der Waals surface area contributed by atoms with Crippen LogP contribution >= 0.6 is 0 Å². The van der Waals surface area contributed by atoms with E-state index in [1.165, 1.54) is 0 Å². The van der Waals surface area contributed by atoms with Crippen LogP contribution in [0, 0.1) is 6.92 Å². The monoisotopic (exact) mass is 412 g/mol. The Labute approximate surface area is 176 Å². The van der Waals surface area contributed by atoms with Crippen LogP contribution in [0.2, 0.25) is 0 Å². The van der Waals surface area contributed by atoms with Crippen LogP contribution < -0.4 is 14.4 Å². The molecule has 7 nitrogen and oxygen atoms in total. The number of hydrogen-bond donors (Lipinski definition) is 2. The zero-order valence-electron chi connectivity index (χ0n) is 17.8. The lowest BCUT2D eigenvalue weighted by Gasteiger charge is -2.23. The minimum absolute atomic E-state index is 0.00664. The highest BCUT2D eigenvalue weighted by Gasteiger charge is 2.21. The Morgan fingerprint density at radius 3 is 2.07 bits per heavy atom. The summed E-state index contributed by atoms with van der Waals surface area (Å²) in [6, 6.07) is 11.5. The van der Waals surface area contributed by atoms with Gasteiger partial charge in [0, 0.05) is 47.2 Å². The Balaban J connectivity index is 2.18. The first-order valence-corrected chi connectivity index (χ1v) is 9.81. The number of Topliss-reactive ketones (excluding diaryl/α,β-unsaturated/α-hetero) is 1. The number of carbonyl (C=O) groups is 1. The zero-order valence-corrected chi connectivity index (χ0v) is 17.8. The van der Waals surface area contributed by atoms with Crippen LogP contribution in [0.3, 0.4) is 0 Å². The Kier molecular flexibility index (Phi) is 6.64. The third-order valence-electron chi connectivity index (χ3n) is 5.27. The molecule has 0 aliphatic carbocycles. The predicted molar refractivity (Wildman–Crippen MR) is 118 cm³/mol. The molecule has 2 N–H and O–H groups in total. The number of benzene rings is 2. The number of aromatic nitrogens is 1. The van der Waals surface area contributed by atoms with Crippen molar-refractivity contribution in [3.05, 3.63) is 47.7 Å². The first kappa shape index (κ1) is 21.7. The highest BCUT2D eigenvalue weighted by molar-refractivity contribution is 6.09. The van der Waals surface area contributed by atoms with Gasteiger partial charge in [-0.15, -0.1) is 0 Å². The van der Waals surface area contributed by atoms with Gasteiger partial charge in [0.1, 0.15) is 0 Å². The summed E-state index contributed by atoms with van der Waals surface area (Å²) in [6.45, 7) is 4.38. The Morgan fingerprint density at radius 2 is 1.57 bits per heavy atom. The number of nitrogens with zero attached hydrogens (tertiary/aromatic N) is 2. The summed E-state index contributed by atoms with van der Waals surface area (Å²) in [5, 5.41) is 19.4. The van der Waals surface area contributed by atoms with Crippen molar-refractivity contribution < 1.29 is 24.5 Å². The van der Waals surface area contributed by atoms with Crippen molar-refractivity contribution in [2.45, 2.75) is 13.8 Å². The molecular weight excluding hydrogens is 384 g/mol. The van der Waals surface area contributed by atoms with Crippen molar-refractivity contribution >= 4 is 22.4 Å². The number of hydrogen-bond acceptors (Lipinski definition) is 6. The van der Waals surface area contributed by atoms with Gasteiger partial charge in [0.15, 0.2) is 17.3 Å². The summed E-state index contributed by atoms with van der Waals surface area (Å²) in [5.41, 5.74) is 4.14. The van der Waals surface area contributed by atoms with Gasteiger partial charge in [-0.1, -0.05) is 0 Å². The summed E-state index contributed by atoms with van der Waals surface area (Å²) >= 11 is 0. The van der Waals surface area contributed by atoms with Gasteiger partial charge in [0.25, 0.3) is 0 Å². The molecule has 0 aliphatic heterocycles. The van der Waals surface area contributed by atoms with E-state index in [2.05, 4.69) is 0 Å². The maximum absolute atomic E-state index is 12.4. The quantitative estimate of drug-likeness (QED) is 0.526. The minimum Gasteiger partial charge on any atom is -0.493 e. The molecule has 1 heterocycles. The van der Waals surface area contributed by atoms with Crippen molar-refractivity contribution in [2.75, 3.05) is 45.4 Å². The first-order chi connectivity index (χ1) is 14.5. The van der Waals surface area contributed by atoms with Crippen molar-refractivity contribution in [3.8, 4) is 17.2 Å². The number of ether oxygens (including phenoxy) is 2. The van der Waals surface area contributed by atoms with Crippen LogP contribution in [0.5, 0.6) is 11.5 Å². The summed E-state index contributed by atoms with van der Waals surface area (Å²) in [5.74, 6) is 1.15. The van der Waals surface area contributed by atoms with E-state index in [4.69, 9.17) is 9.47 Å². The number of aliphatic hydroxyl groups is 2. The summed E-state index contributed by atoms with van der Waals surface area (Å²) < 4.78 is 12.9. The molecule has 0 unspecified atom stereocenters. The molecule has 3 rings (SSSR count). The van der Waals surface area contributed by atoms with Gasteiger partial charge in [-0.25, -0.2) is 0 Å². The maximum Gasteiger partial charge on any atom is 0.162 e. The zero-order chi connectivity index (χ0) is 21.8. The van der Waals surface area contributed by atoms with Gasteiger partial charge in [-0.05, 0) is 44.2 Å². The van der Waals surface area contributed by atoms with E-state index in [-0.39, 0.29) is 19.0 Å². The molecule has 7 heteroatoms. The maximum atomic E-state index is 12.4. The van der Waals surface area contributed by atoms with Crippen molar-refractivity contribution in [1.82, 2.24) is 4.57 Å². The fourth-order valence-electron chi connectivity index (χ4n) is 3.94. The SMILES string of the molecule is COc1cc2c(C(C)=O)c(C)n(-c3ccc(N(CCO)CCO)cc3)c2cc1OC. The number of aliphatic hydroxyl groups excluding tert-OH is 2. The molecule has 0 amide bonds. The van der Waals surface area contributed by atoms with E-state index >= 15 is 0 Å². The van der Waals surface area contributed by atoms with Gasteiger partial charge in [0.2, 0.25) is 0 Å². The highest BCUT2D eigenvalue weighted by Crippen LogP contribution is 2.38. The van der Waals surface area contributed by atoms with E-state index in [1.807, 2.05) is 52.8 Å². The third kappa shape index (κ3) is 3.86. The molecule has 0 aliphatic rings. The topological polar surface area (TPSA) is 84.2 Å². The van der Waals surface area contributed by atoms with Crippen LogP contribution in [-0.2, 0) is 0 Å². The molecule has 3 aromatic rings. The third-order valence-corrected chi connectivity index (χ3v) is 5.27. The molecule has 0 radical (unpaired) electrons. The largest absolute Gasteiger partial charge is 0.493 e. The number of ketones is 1. The Hall–Kier alpha value is -3.03. The van der Waals surface area contributed by atoms with E-state index in [0.717, 1.165) is 28.0 Å². The molecule has 0 fully saturated rings. The molecule has 30 heavy (non-hydrogen) atoms. The summed E-state index contributed by atoms with van der Waals surface area (Å²) in [7, 11) is 3.16. The van der Waals surface area contributed by atoms with Crippen LogP contribution in [0.4, 0.5) is 5.69 Å². The lowest BCUT2D eigenvalue weighted by molar-refractivity contribution is 0.101. The summed E-state index contributed by atoms with van der Waals surface area (Å²) in [4.78, 5) is 14.3. The normalized spacial score (nSPS) is 11.0. The number of fused-ring (bicyclic) bond motifs is 1. The fourth-order valence-corrected chi connectivity index (χ4v) is 3.94. The van der Waals surface area contributed by atoms with Gasteiger partial charge in [-0.2, -0.15) is 0 Å². The first-order valence-electron chi connectivity index (χ1n) is 9.81. The smallest absolute Gasteiger partial charge is 0.162 e. The molecule has 160 valence electrons. The second-order valence-corrected chi connectivity index (χ2v) is 7.03. The Bertz CT molecular complexity index is 1030. The van der Waals surface area contributed by atoms with Crippen molar-refractivity contribution in [1.29, 1.82) is 0 Å². The average molecular weight is 412 g/mol. The molecule has 0 bridgehead atoms. The molecule has 1 aromatic heterocycles. The van der Waals surface area contributed by atoms with E-state index in [9.17, 15) is 15.0 Å². The lowest BCUT2D eigenvalue weighted by Crippen LogP contribution is -2.29. The number of methoxy groups -OCH3 is 2. The lowest BCUT2D eigenvalue weighted by atomic mass is 10.1. The average Bonchev–Trinajstić information content (AvgIpc) is 3.03. The van der Waals surface area contributed by atoms with Crippen LogP contribution in [0.15, 0.2) is 36.4 Å². The van der Waals surface area contributed by atoms with Gasteiger partial charge < -0.3 is 29.2 Å². The van der Waals surface area contributed by atoms with Gasteiger partial charge >= 0.3 is 0 Å². The highest BCUT2D eigenvalue weighted by atomic mass is 16.5. The van der Waals surface area contributed by atoms with Crippen LogP contribution in [-0.4, -0.2) is 61.1 Å². The molecule has 0 saturated carbocycles. The van der Waals surface area contributed by atoms with Gasteiger partial charge in [-0.3, -0.25) is 4.79 Å². The second kappa shape index (κ2) is 9.19. The predicted octanol–water partition coefficient (Wildman–Crippen LogP) is 2.95. The number of rotatable bonds is 9. The van der Waals surface area contributed by atoms with Crippen molar-refractivity contribution in [2.24, 2.45) is 0 Å². The van der Waals surface area contributed by atoms with Gasteiger partial charge in [0.05, 0.1) is 33.0 Å². The van der Waals surface area contributed by atoms with E-state index in [0.29, 0.717) is 30.2 Å². The summed E-state index contributed by atoms with van der Waals surface area (Å²) in [6.07, 6.45) is 0. The molecule has 0 spiro atoms. The van der Waals surface area contributed by atoms with E-state index < -0.39 is 0 Å². The fraction of sp³-hybridized carbons (Fsp3) is 0.348. The second-order valence-electron chi connectivity index (χ2n) is 7.03. The molecule has 2 aromatic carbocycles. The minimum atomic E-state index is -0.0165. The standard InChI is InChI=1S/C23H28N2O5/c1-15-23(16(2)28)19-13-21(29-3)22(30-4)14-20(19)25(15)18-7-5-17(6-8-18)24(9-11-26)10-12-27/h5-8,13-14,26-27H,9-12H2,1-4H3. The van der Waals surface area contributed by atoms with Crippen LogP contribution in [0.25, 0.3) is 16.6 Å². The van der Waals surface area contributed by atoms with E-state index in [1.54, 1.807) is 21.1 Å². The molecule has 0 saturated heterocycles. The van der Waals surface area contributed by atoms with Crippen molar-refractivity contribution in [3.63, 3.8) is 0 Å².